The van der Waals surface area contributed by atoms with Gasteiger partial charge in [-0.15, -0.1) is 0 Å². The summed E-state index contributed by atoms with van der Waals surface area (Å²) in [7, 11) is 0. The van der Waals surface area contributed by atoms with Gasteiger partial charge in [0.15, 0.2) is 0 Å². The molecule has 1 amide bonds. The predicted molar refractivity (Wildman–Crippen MR) is 68.6 cm³/mol. The molecule has 1 saturated heterocycles. The minimum atomic E-state index is -0.550. The Kier molecular flexibility index (Phi) is 4.92. The van der Waals surface area contributed by atoms with E-state index in [1.807, 2.05) is 30.3 Å². The van der Waals surface area contributed by atoms with E-state index in [0.29, 0.717) is 19.6 Å². The molecule has 102 valence electrons. The van der Waals surface area contributed by atoms with Crippen molar-refractivity contribution >= 4 is 12.4 Å². The first-order chi connectivity index (χ1) is 9.31. The van der Waals surface area contributed by atoms with Crippen LogP contribution in [0.15, 0.2) is 30.3 Å². The van der Waals surface area contributed by atoms with Crippen LogP contribution in [-0.4, -0.2) is 43.1 Å². The molecule has 1 fully saturated rings. The Morgan fingerprint density at radius 2 is 2.21 bits per heavy atom. The number of hydrogen-bond acceptors (Lipinski definition) is 4. The highest BCUT2D eigenvalue weighted by atomic mass is 16.6. The number of ether oxygens (including phenoxy) is 2. The Balaban J connectivity index is 1.92. The normalized spacial score (nSPS) is 19.6. The number of aldehydes is 1. The Bertz CT molecular complexity index is 421. The van der Waals surface area contributed by atoms with Crippen LogP contribution < -0.4 is 0 Å². The first-order valence-electron chi connectivity index (χ1n) is 6.31. The Labute approximate surface area is 112 Å². The molecule has 0 bridgehead atoms. The van der Waals surface area contributed by atoms with E-state index in [4.69, 9.17) is 9.47 Å². The van der Waals surface area contributed by atoms with Gasteiger partial charge in [-0.05, 0) is 12.0 Å². The number of benzene rings is 1. The molecule has 1 atom stereocenters. The lowest BCUT2D eigenvalue weighted by atomic mass is 10.2. The molecule has 0 aliphatic carbocycles. The lowest BCUT2D eigenvalue weighted by Gasteiger charge is -2.24. The smallest absolute Gasteiger partial charge is 0.410 e. The zero-order valence-corrected chi connectivity index (χ0v) is 10.7. The van der Waals surface area contributed by atoms with Crippen LogP contribution in [-0.2, 0) is 20.9 Å². The molecule has 0 saturated carbocycles. The largest absolute Gasteiger partial charge is 0.445 e. The summed E-state index contributed by atoms with van der Waals surface area (Å²) in [5.41, 5.74) is 0.921. The van der Waals surface area contributed by atoms with Gasteiger partial charge in [-0.25, -0.2) is 4.79 Å². The van der Waals surface area contributed by atoms with Crippen molar-refractivity contribution in [2.45, 2.75) is 19.1 Å². The van der Waals surface area contributed by atoms with Crippen molar-refractivity contribution < 1.29 is 19.1 Å². The van der Waals surface area contributed by atoms with Gasteiger partial charge in [0.1, 0.15) is 18.9 Å². The van der Waals surface area contributed by atoms with Gasteiger partial charge >= 0.3 is 6.09 Å². The first kappa shape index (κ1) is 13.5. The first-order valence-corrected chi connectivity index (χ1v) is 6.31. The third-order valence-electron chi connectivity index (χ3n) is 2.97. The van der Waals surface area contributed by atoms with Gasteiger partial charge in [-0.2, -0.15) is 0 Å². The lowest BCUT2D eigenvalue weighted by molar-refractivity contribution is -0.113. The molecular formula is C14H17NO4. The van der Waals surface area contributed by atoms with Gasteiger partial charge in [0, 0.05) is 13.2 Å². The van der Waals surface area contributed by atoms with Crippen molar-refractivity contribution in [3.63, 3.8) is 0 Å². The molecule has 0 N–H and O–H groups in total. The van der Waals surface area contributed by atoms with Gasteiger partial charge in [0.2, 0.25) is 0 Å². The third kappa shape index (κ3) is 3.79. The molecule has 0 aromatic heterocycles. The third-order valence-corrected chi connectivity index (χ3v) is 2.97. The SMILES string of the molecule is O=C[C@@H]1COCCCN1C(=O)OCc1ccccc1. The summed E-state index contributed by atoms with van der Waals surface area (Å²) >= 11 is 0. The van der Waals surface area contributed by atoms with Crippen LogP contribution in [0.1, 0.15) is 12.0 Å². The van der Waals surface area contributed by atoms with E-state index in [9.17, 15) is 9.59 Å². The zero-order valence-electron chi connectivity index (χ0n) is 10.7. The standard InChI is InChI=1S/C14H17NO4/c16-9-13-11-18-8-4-7-15(13)14(17)19-10-12-5-2-1-3-6-12/h1-3,5-6,9,13H,4,7-8,10-11H2/t13-/m1/s1. The van der Waals surface area contributed by atoms with Crippen molar-refractivity contribution in [1.29, 1.82) is 0 Å². The van der Waals surface area contributed by atoms with E-state index in [1.54, 1.807) is 0 Å². The molecular weight excluding hydrogens is 246 g/mol. The fraction of sp³-hybridized carbons (Fsp3) is 0.429. The second kappa shape index (κ2) is 6.89. The fourth-order valence-corrected chi connectivity index (χ4v) is 1.94. The number of hydrogen-bond donors (Lipinski definition) is 0. The highest BCUT2D eigenvalue weighted by Gasteiger charge is 2.26. The maximum atomic E-state index is 12.0. The van der Waals surface area contributed by atoms with E-state index in [0.717, 1.165) is 11.8 Å². The summed E-state index contributed by atoms with van der Waals surface area (Å²) in [4.78, 5) is 24.4. The summed E-state index contributed by atoms with van der Waals surface area (Å²) in [6.45, 7) is 1.50. The lowest BCUT2D eigenvalue weighted by Crippen LogP contribution is -2.43. The molecule has 1 heterocycles. The maximum absolute atomic E-state index is 12.0. The molecule has 1 aromatic carbocycles. The van der Waals surface area contributed by atoms with Crippen LogP contribution >= 0.6 is 0 Å². The highest BCUT2D eigenvalue weighted by Crippen LogP contribution is 2.09. The number of rotatable bonds is 3. The van der Waals surface area contributed by atoms with Crippen molar-refractivity contribution in [2.24, 2.45) is 0 Å². The van der Waals surface area contributed by atoms with Crippen LogP contribution in [0.5, 0.6) is 0 Å². The average molecular weight is 263 g/mol. The Hall–Kier alpha value is -1.88. The van der Waals surface area contributed by atoms with Crippen molar-refractivity contribution in [3.05, 3.63) is 35.9 Å². The number of carbonyl (C=O) groups excluding carboxylic acids is 2. The molecule has 0 radical (unpaired) electrons. The van der Waals surface area contributed by atoms with Crippen molar-refractivity contribution in [3.8, 4) is 0 Å². The topological polar surface area (TPSA) is 55.8 Å². The van der Waals surface area contributed by atoms with Crippen molar-refractivity contribution in [2.75, 3.05) is 19.8 Å². The molecule has 19 heavy (non-hydrogen) atoms. The molecule has 1 aliphatic heterocycles. The predicted octanol–water partition coefficient (Wildman–Crippen LogP) is 1.61. The van der Waals surface area contributed by atoms with Gasteiger partial charge < -0.3 is 14.3 Å². The zero-order chi connectivity index (χ0) is 13.5. The van der Waals surface area contributed by atoms with Gasteiger partial charge in [0.05, 0.1) is 6.61 Å². The Morgan fingerprint density at radius 3 is 2.95 bits per heavy atom. The average Bonchev–Trinajstić information content (AvgIpc) is 2.71. The quantitative estimate of drug-likeness (QED) is 0.777. The van der Waals surface area contributed by atoms with E-state index < -0.39 is 12.1 Å². The molecule has 2 rings (SSSR count). The molecule has 5 heteroatoms. The van der Waals surface area contributed by atoms with Crippen LogP contribution in [0.4, 0.5) is 4.79 Å². The second-order valence-corrected chi connectivity index (χ2v) is 4.37. The van der Waals surface area contributed by atoms with E-state index in [-0.39, 0.29) is 13.2 Å². The molecule has 0 spiro atoms. The van der Waals surface area contributed by atoms with Gasteiger partial charge in [-0.1, -0.05) is 30.3 Å². The van der Waals surface area contributed by atoms with Crippen LogP contribution in [0.2, 0.25) is 0 Å². The monoisotopic (exact) mass is 263 g/mol. The second-order valence-electron chi connectivity index (χ2n) is 4.37. The maximum Gasteiger partial charge on any atom is 0.410 e. The van der Waals surface area contributed by atoms with Gasteiger partial charge in [0.25, 0.3) is 0 Å². The summed E-state index contributed by atoms with van der Waals surface area (Å²) in [5, 5.41) is 0. The van der Waals surface area contributed by atoms with E-state index >= 15 is 0 Å². The van der Waals surface area contributed by atoms with E-state index in [2.05, 4.69) is 0 Å². The fourth-order valence-electron chi connectivity index (χ4n) is 1.94. The summed E-state index contributed by atoms with van der Waals surface area (Å²) in [6.07, 6.45) is 0.978. The minimum absolute atomic E-state index is 0.211. The highest BCUT2D eigenvalue weighted by molar-refractivity contribution is 5.73. The van der Waals surface area contributed by atoms with Crippen molar-refractivity contribution in [1.82, 2.24) is 4.90 Å². The van der Waals surface area contributed by atoms with Crippen LogP contribution in [0.3, 0.4) is 0 Å². The molecule has 5 nitrogen and oxygen atoms in total. The van der Waals surface area contributed by atoms with Crippen LogP contribution in [0.25, 0.3) is 0 Å². The van der Waals surface area contributed by atoms with Crippen LogP contribution in [0, 0.1) is 0 Å². The summed E-state index contributed by atoms with van der Waals surface area (Å²) < 4.78 is 10.5. The molecule has 0 unspecified atom stereocenters. The number of nitrogens with zero attached hydrogens (tertiary/aromatic N) is 1. The molecule has 1 aliphatic rings. The summed E-state index contributed by atoms with van der Waals surface area (Å²) in [6, 6.07) is 8.89. The minimum Gasteiger partial charge on any atom is -0.445 e. The van der Waals surface area contributed by atoms with E-state index in [1.165, 1.54) is 4.90 Å². The molecule has 1 aromatic rings. The van der Waals surface area contributed by atoms with Gasteiger partial charge in [-0.3, -0.25) is 4.90 Å². The summed E-state index contributed by atoms with van der Waals surface area (Å²) in [5.74, 6) is 0. The Morgan fingerprint density at radius 1 is 1.42 bits per heavy atom. The number of amides is 1. The number of carbonyl (C=O) groups is 2.